The Kier molecular flexibility index (Phi) is 5.88. The Bertz CT molecular complexity index is 525. The predicted octanol–water partition coefficient (Wildman–Crippen LogP) is 1.74. The van der Waals surface area contributed by atoms with Gasteiger partial charge in [0, 0.05) is 24.9 Å². The number of carbonyl (C=O) groups excluding carboxylic acids is 3. The van der Waals surface area contributed by atoms with Gasteiger partial charge >= 0.3 is 0 Å². The molecule has 4 fully saturated rings. The summed E-state index contributed by atoms with van der Waals surface area (Å²) in [6.07, 6.45) is 8.11. The van der Waals surface area contributed by atoms with Crippen LogP contribution in [0, 0.1) is 23.2 Å². The molecular formula is C20H33N3O3. The fourth-order valence-corrected chi connectivity index (χ4v) is 5.73. The van der Waals surface area contributed by atoms with Gasteiger partial charge in [0.15, 0.2) is 0 Å². The van der Waals surface area contributed by atoms with Crippen molar-refractivity contribution in [3.8, 4) is 0 Å². The van der Waals surface area contributed by atoms with E-state index in [4.69, 9.17) is 0 Å². The summed E-state index contributed by atoms with van der Waals surface area (Å²) >= 11 is 0. The standard InChI is InChI=1S/C20H33N3O3/c1-3-21-18(25)13(2)23-17(24)5-4-6-22-19(26)20-10-14-7-15(11-20)9-16(8-14)12-20/h13-16H,3-12H2,1-2H3,(H,21,25)(H,22,26)(H,23,24)/t13-,14?,15?,16?,20?/m0/s1. The summed E-state index contributed by atoms with van der Waals surface area (Å²) in [7, 11) is 0. The van der Waals surface area contributed by atoms with Crippen molar-refractivity contribution in [2.45, 2.75) is 71.3 Å². The van der Waals surface area contributed by atoms with Crippen LogP contribution in [0.5, 0.6) is 0 Å². The van der Waals surface area contributed by atoms with Gasteiger partial charge in [-0.25, -0.2) is 0 Å². The zero-order valence-electron chi connectivity index (χ0n) is 16.1. The van der Waals surface area contributed by atoms with Crippen molar-refractivity contribution in [2.24, 2.45) is 23.2 Å². The Labute approximate surface area is 156 Å². The lowest BCUT2D eigenvalue weighted by Crippen LogP contribution is -2.53. The summed E-state index contributed by atoms with van der Waals surface area (Å²) in [5, 5.41) is 8.48. The van der Waals surface area contributed by atoms with Crippen molar-refractivity contribution in [1.82, 2.24) is 16.0 Å². The van der Waals surface area contributed by atoms with Crippen LogP contribution in [0.1, 0.15) is 65.2 Å². The lowest BCUT2D eigenvalue weighted by atomic mass is 9.49. The fraction of sp³-hybridized carbons (Fsp3) is 0.850. The summed E-state index contributed by atoms with van der Waals surface area (Å²) in [5.41, 5.74) is -0.121. The van der Waals surface area contributed by atoms with E-state index in [1.807, 2.05) is 6.92 Å². The highest BCUT2D eigenvalue weighted by molar-refractivity contribution is 5.87. The molecule has 0 aromatic heterocycles. The Hall–Kier alpha value is -1.59. The Balaban J connectivity index is 1.37. The van der Waals surface area contributed by atoms with Gasteiger partial charge in [-0.3, -0.25) is 14.4 Å². The smallest absolute Gasteiger partial charge is 0.242 e. The van der Waals surface area contributed by atoms with E-state index in [0.29, 0.717) is 25.9 Å². The Morgan fingerprint density at radius 1 is 1.00 bits per heavy atom. The molecular weight excluding hydrogens is 330 g/mol. The van der Waals surface area contributed by atoms with Crippen molar-refractivity contribution in [3.63, 3.8) is 0 Å². The van der Waals surface area contributed by atoms with Crippen LogP contribution in [-0.4, -0.2) is 36.9 Å². The normalized spacial score (nSPS) is 32.8. The summed E-state index contributed by atoms with van der Waals surface area (Å²) in [6, 6.07) is -0.524. The lowest BCUT2D eigenvalue weighted by molar-refractivity contribution is -0.146. The van der Waals surface area contributed by atoms with E-state index < -0.39 is 6.04 Å². The van der Waals surface area contributed by atoms with Crippen LogP contribution in [0.4, 0.5) is 0 Å². The number of likely N-dealkylation sites (N-methyl/N-ethyl adjacent to an activating group) is 1. The first-order chi connectivity index (χ1) is 12.4. The molecule has 6 heteroatoms. The summed E-state index contributed by atoms with van der Waals surface area (Å²) in [4.78, 5) is 36.4. The van der Waals surface area contributed by atoms with E-state index in [-0.39, 0.29) is 23.1 Å². The fourth-order valence-electron chi connectivity index (χ4n) is 5.73. The van der Waals surface area contributed by atoms with E-state index in [9.17, 15) is 14.4 Å². The highest BCUT2D eigenvalue weighted by Crippen LogP contribution is 2.60. The van der Waals surface area contributed by atoms with Gasteiger partial charge in [-0.2, -0.15) is 0 Å². The second kappa shape index (κ2) is 7.97. The molecule has 4 rings (SSSR count). The molecule has 4 bridgehead atoms. The summed E-state index contributed by atoms with van der Waals surface area (Å²) in [6.45, 7) is 4.61. The van der Waals surface area contributed by atoms with Gasteiger partial charge in [0.2, 0.25) is 17.7 Å². The molecule has 0 heterocycles. The second-order valence-corrected chi connectivity index (χ2v) is 8.74. The largest absolute Gasteiger partial charge is 0.356 e. The number of carbonyl (C=O) groups is 3. The maximum Gasteiger partial charge on any atom is 0.242 e. The quantitative estimate of drug-likeness (QED) is 0.574. The Morgan fingerprint density at radius 3 is 2.12 bits per heavy atom. The molecule has 4 saturated carbocycles. The second-order valence-electron chi connectivity index (χ2n) is 8.74. The van der Waals surface area contributed by atoms with E-state index in [2.05, 4.69) is 16.0 Å². The van der Waals surface area contributed by atoms with E-state index >= 15 is 0 Å². The molecule has 6 nitrogen and oxygen atoms in total. The van der Waals surface area contributed by atoms with Gasteiger partial charge in [0.05, 0.1) is 0 Å². The zero-order valence-corrected chi connectivity index (χ0v) is 16.1. The van der Waals surface area contributed by atoms with Crippen LogP contribution in [0.25, 0.3) is 0 Å². The third kappa shape index (κ3) is 4.21. The average Bonchev–Trinajstić information content (AvgIpc) is 2.57. The summed E-state index contributed by atoms with van der Waals surface area (Å²) < 4.78 is 0. The number of nitrogens with one attached hydrogen (secondary N) is 3. The van der Waals surface area contributed by atoms with Crippen LogP contribution in [0.15, 0.2) is 0 Å². The van der Waals surface area contributed by atoms with Crippen LogP contribution in [0.2, 0.25) is 0 Å². The molecule has 0 aromatic carbocycles. The minimum atomic E-state index is -0.524. The Morgan fingerprint density at radius 2 is 1.58 bits per heavy atom. The molecule has 4 aliphatic carbocycles. The molecule has 146 valence electrons. The third-order valence-electron chi connectivity index (χ3n) is 6.51. The van der Waals surface area contributed by atoms with E-state index in [1.54, 1.807) is 6.92 Å². The van der Waals surface area contributed by atoms with Gasteiger partial charge < -0.3 is 16.0 Å². The van der Waals surface area contributed by atoms with Crippen LogP contribution in [0.3, 0.4) is 0 Å². The molecule has 0 radical (unpaired) electrons. The number of rotatable bonds is 8. The zero-order chi connectivity index (χ0) is 18.7. The van der Waals surface area contributed by atoms with Crippen LogP contribution < -0.4 is 16.0 Å². The number of hydrogen-bond acceptors (Lipinski definition) is 3. The van der Waals surface area contributed by atoms with Gasteiger partial charge in [-0.05, 0) is 76.5 Å². The van der Waals surface area contributed by atoms with Crippen molar-refractivity contribution < 1.29 is 14.4 Å². The van der Waals surface area contributed by atoms with Gasteiger partial charge in [-0.1, -0.05) is 0 Å². The van der Waals surface area contributed by atoms with Crippen molar-refractivity contribution in [1.29, 1.82) is 0 Å². The molecule has 3 amide bonds. The van der Waals surface area contributed by atoms with Gasteiger partial charge in [-0.15, -0.1) is 0 Å². The molecule has 4 aliphatic rings. The van der Waals surface area contributed by atoms with E-state index in [1.165, 1.54) is 19.3 Å². The maximum absolute atomic E-state index is 12.8. The average molecular weight is 364 g/mol. The maximum atomic E-state index is 12.8. The third-order valence-corrected chi connectivity index (χ3v) is 6.51. The van der Waals surface area contributed by atoms with E-state index in [0.717, 1.165) is 37.0 Å². The first kappa shape index (κ1) is 19.2. The van der Waals surface area contributed by atoms with Crippen molar-refractivity contribution >= 4 is 17.7 Å². The van der Waals surface area contributed by atoms with Crippen molar-refractivity contribution in [3.05, 3.63) is 0 Å². The lowest BCUT2D eigenvalue weighted by Gasteiger charge is -2.55. The molecule has 0 unspecified atom stereocenters. The molecule has 0 spiro atoms. The first-order valence-electron chi connectivity index (χ1n) is 10.3. The molecule has 0 aliphatic heterocycles. The highest BCUT2D eigenvalue weighted by atomic mass is 16.2. The topological polar surface area (TPSA) is 87.3 Å². The van der Waals surface area contributed by atoms with Crippen LogP contribution in [-0.2, 0) is 14.4 Å². The predicted molar refractivity (Wildman–Crippen MR) is 99.1 cm³/mol. The van der Waals surface area contributed by atoms with Crippen molar-refractivity contribution in [2.75, 3.05) is 13.1 Å². The molecule has 1 atom stereocenters. The van der Waals surface area contributed by atoms with Crippen LogP contribution >= 0.6 is 0 Å². The molecule has 3 N–H and O–H groups in total. The summed E-state index contributed by atoms with van der Waals surface area (Å²) in [5.74, 6) is 2.17. The molecule has 26 heavy (non-hydrogen) atoms. The molecule has 0 saturated heterocycles. The van der Waals surface area contributed by atoms with Gasteiger partial charge in [0.25, 0.3) is 0 Å². The minimum absolute atomic E-state index is 0.121. The SMILES string of the molecule is CCNC(=O)[C@H](C)NC(=O)CCCNC(=O)C12CC3CC(CC(C3)C1)C2. The number of hydrogen-bond donors (Lipinski definition) is 3. The highest BCUT2D eigenvalue weighted by Gasteiger charge is 2.54. The number of amides is 3. The van der Waals surface area contributed by atoms with Gasteiger partial charge in [0.1, 0.15) is 6.04 Å². The monoisotopic (exact) mass is 363 g/mol. The minimum Gasteiger partial charge on any atom is -0.356 e. The molecule has 0 aromatic rings. The first-order valence-corrected chi connectivity index (χ1v) is 10.3.